The van der Waals surface area contributed by atoms with Crippen molar-refractivity contribution in [2.24, 2.45) is 0 Å². The summed E-state index contributed by atoms with van der Waals surface area (Å²) < 4.78 is 0. The molecule has 0 aliphatic rings. The van der Waals surface area contributed by atoms with Crippen LogP contribution in [0.15, 0.2) is 24.3 Å². The molecule has 2 atom stereocenters. The molecule has 0 radical (unpaired) electrons. The van der Waals surface area contributed by atoms with Crippen LogP contribution in [0.3, 0.4) is 0 Å². The predicted molar refractivity (Wildman–Crippen MR) is 73.2 cm³/mol. The Hall–Kier alpha value is -0.490. The van der Waals surface area contributed by atoms with Gasteiger partial charge >= 0.3 is 0 Å². The molecule has 0 bridgehead atoms. The number of aliphatic hydroxyl groups excluding tert-OH is 2. The fraction of sp³-hybridized carbons (Fsp3) is 0.417. The minimum atomic E-state index is -0.971. The van der Waals surface area contributed by atoms with Crippen molar-refractivity contribution in [1.29, 1.82) is 0 Å². The normalized spacial score (nSPS) is 14.4. The average Bonchev–Trinajstić information content (AvgIpc) is 2.35. The summed E-state index contributed by atoms with van der Waals surface area (Å²) in [6.45, 7) is 1.44. The first-order valence-electron chi connectivity index (χ1n) is 5.23. The third kappa shape index (κ3) is 4.71. The van der Waals surface area contributed by atoms with Gasteiger partial charge in [-0.1, -0.05) is 36.0 Å². The van der Waals surface area contributed by atoms with Crippen molar-refractivity contribution >= 4 is 29.5 Å². The lowest BCUT2D eigenvalue weighted by molar-refractivity contribution is -0.109. The predicted octanol–water partition coefficient (Wildman–Crippen LogP) is 1.79. The molecular formula is C12H16O3S2. The van der Waals surface area contributed by atoms with Crippen molar-refractivity contribution in [3.05, 3.63) is 35.4 Å². The summed E-state index contributed by atoms with van der Waals surface area (Å²) in [5.41, 5.74) is 1.63. The van der Waals surface area contributed by atoms with E-state index >= 15 is 0 Å². The maximum Gasteiger partial charge on any atom is 0.185 e. The molecular weight excluding hydrogens is 256 g/mol. The van der Waals surface area contributed by atoms with Gasteiger partial charge in [-0.2, -0.15) is 12.6 Å². The molecule has 0 amide bonds. The van der Waals surface area contributed by atoms with E-state index in [1.165, 1.54) is 6.92 Å². The highest BCUT2D eigenvalue weighted by atomic mass is 32.2. The highest BCUT2D eigenvalue weighted by Crippen LogP contribution is 2.21. The van der Waals surface area contributed by atoms with Crippen LogP contribution in [-0.4, -0.2) is 27.2 Å². The largest absolute Gasteiger partial charge is 0.389 e. The summed E-state index contributed by atoms with van der Waals surface area (Å²) in [6, 6.07) is 7.27. The van der Waals surface area contributed by atoms with Crippen LogP contribution in [0.2, 0.25) is 0 Å². The first-order valence-corrected chi connectivity index (χ1v) is 6.85. The lowest BCUT2D eigenvalue weighted by Gasteiger charge is -2.17. The van der Waals surface area contributed by atoms with E-state index < -0.39 is 12.2 Å². The Kier molecular flexibility index (Phi) is 6.05. The third-order valence-electron chi connectivity index (χ3n) is 2.30. The van der Waals surface area contributed by atoms with Gasteiger partial charge < -0.3 is 10.2 Å². The van der Waals surface area contributed by atoms with Crippen molar-refractivity contribution in [3.8, 4) is 0 Å². The van der Waals surface area contributed by atoms with E-state index in [1.54, 1.807) is 12.1 Å². The molecule has 2 unspecified atom stereocenters. The summed E-state index contributed by atoms with van der Waals surface area (Å²) in [4.78, 5) is 10.8. The van der Waals surface area contributed by atoms with Gasteiger partial charge in [0.2, 0.25) is 0 Å². The number of carbonyl (C=O) groups is 1. The Bertz CT molecular complexity index is 382. The Balaban J connectivity index is 2.66. The second-order valence-electron chi connectivity index (χ2n) is 3.72. The zero-order valence-electron chi connectivity index (χ0n) is 9.54. The van der Waals surface area contributed by atoms with Gasteiger partial charge in [0, 0.05) is 18.4 Å². The molecule has 94 valence electrons. The monoisotopic (exact) mass is 272 g/mol. The van der Waals surface area contributed by atoms with Crippen LogP contribution in [0.4, 0.5) is 0 Å². The molecule has 1 rings (SSSR count). The quantitative estimate of drug-likeness (QED) is 0.715. The van der Waals surface area contributed by atoms with Crippen molar-refractivity contribution in [2.75, 3.05) is 5.75 Å². The average molecular weight is 272 g/mol. The van der Waals surface area contributed by atoms with Gasteiger partial charge in [0.1, 0.15) is 6.10 Å². The molecule has 0 aliphatic heterocycles. The first-order chi connectivity index (χ1) is 8.04. The van der Waals surface area contributed by atoms with E-state index in [-0.39, 0.29) is 10.9 Å². The molecule has 0 saturated carbocycles. The van der Waals surface area contributed by atoms with Gasteiger partial charge in [-0.05, 0) is 11.1 Å². The van der Waals surface area contributed by atoms with Crippen LogP contribution in [0, 0.1) is 0 Å². The smallest absolute Gasteiger partial charge is 0.185 e. The maximum atomic E-state index is 10.8. The van der Waals surface area contributed by atoms with Gasteiger partial charge in [0.25, 0.3) is 0 Å². The van der Waals surface area contributed by atoms with Gasteiger partial charge in [-0.3, -0.25) is 4.79 Å². The lowest BCUT2D eigenvalue weighted by Crippen LogP contribution is -2.21. The van der Waals surface area contributed by atoms with Gasteiger partial charge in [0.05, 0.1) is 6.10 Å². The zero-order valence-corrected chi connectivity index (χ0v) is 11.2. The van der Waals surface area contributed by atoms with E-state index in [9.17, 15) is 15.0 Å². The number of hydrogen-bond acceptors (Lipinski definition) is 5. The number of benzene rings is 1. The van der Waals surface area contributed by atoms with E-state index in [2.05, 4.69) is 12.6 Å². The van der Waals surface area contributed by atoms with Crippen LogP contribution in [0.25, 0.3) is 0 Å². The summed E-state index contributed by atoms with van der Waals surface area (Å²) in [5, 5.41) is 19.6. The molecule has 17 heavy (non-hydrogen) atoms. The highest BCUT2D eigenvalue weighted by molar-refractivity contribution is 8.13. The van der Waals surface area contributed by atoms with Gasteiger partial charge in [-0.15, -0.1) is 0 Å². The number of thiol groups is 1. The first kappa shape index (κ1) is 14.6. The van der Waals surface area contributed by atoms with E-state index in [4.69, 9.17) is 0 Å². The van der Waals surface area contributed by atoms with Crippen LogP contribution in [0.1, 0.15) is 24.2 Å². The molecule has 1 aromatic carbocycles. The van der Waals surface area contributed by atoms with Gasteiger partial charge in [-0.25, -0.2) is 0 Å². The fourth-order valence-corrected chi connectivity index (χ4v) is 2.18. The van der Waals surface area contributed by atoms with E-state index in [1.807, 2.05) is 12.1 Å². The summed E-state index contributed by atoms with van der Waals surface area (Å²) in [5.74, 6) is 0.778. The minimum absolute atomic E-state index is 0.0691. The number of rotatable bonds is 5. The molecule has 3 nitrogen and oxygen atoms in total. The Morgan fingerprint density at radius 2 is 2.18 bits per heavy atom. The van der Waals surface area contributed by atoms with Crippen molar-refractivity contribution < 1.29 is 15.0 Å². The summed E-state index contributed by atoms with van der Waals surface area (Å²) >= 11 is 5.16. The van der Waals surface area contributed by atoms with Crippen molar-refractivity contribution in [3.63, 3.8) is 0 Å². The molecule has 1 aromatic rings. The van der Waals surface area contributed by atoms with Gasteiger partial charge in [0.15, 0.2) is 5.12 Å². The Labute approximate surface area is 111 Å². The summed E-state index contributed by atoms with van der Waals surface area (Å²) in [7, 11) is 0. The molecule has 0 spiro atoms. The van der Waals surface area contributed by atoms with Crippen molar-refractivity contribution in [1.82, 2.24) is 0 Å². The molecule has 2 N–H and O–H groups in total. The topological polar surface area (TPSA) is 57.5 Å². The van der Waals surface area contributed by atoms with E-state index in [0.717, 1.165) is 17.3 Å². The summed E-state index contributed by atoms with van der Waals surface area (Å²) in [6.07, 6.45) is -1.92. The SMILES string of the molecule is CC(=O)SCC(O)C(O)c1cccc(CS)c1. The molecule has 0 fully saturated rings. The van der Waals surface area contributed by atoms with Crippen LogP contribution in [0.5, 0.6) is 0 Å². The van der Waals surface area contributed by atoms with Crippen LogP contribution >= 0.6 is 24.4 Å². The Morgan fingerprint density at radius 1 is 1.47 bits per heavy atom. The molecule has 0 aliphatic carbocycles. The van der Waals surface area contributed by atoms with E-state index in [0.29, 0.717) is 11.3 Å². The number of thioether (sulfide) groups is 1. The van der Waals surface area contributed by atoms with Crippen molar-refractivity contribution in [2.45, 2.75) is 24.9 Å². The number of carbonyl (C=O) groups excluding carboxylic acids is 1. The fourth-order valence-electron chi connectivity index (χ4n) is 1.39. The second kappa shape index (κ2) is 7.06. The van der Waals surface area contributed by atoms with Crippen LogP contribution < -0.4 is 0 Å². The Morgan fingerprint density at radius 3 is 2.76 bits per heavy atom. The highest BCUT2D eigenvalue weighted by Gasteiger charge is 2.19. The second-order valence-corrected chi connectivity index (χ2v) is 5.23. The lowest BCUT2D eigenvalue weighted by atomic mass is 10.0. The molecule has 5 heteroatoms. The van der Waals surface area contributed by atoms with Crippen LogP contribution in [-0.2, 0) is 10.5 Å². The molecule has 0 heterocycles. The maximum absolute atomic E-state index is 10.8. The number of aliphatic hydroxyl groups is 2. The molecule has 0 aromatic heterocycles. The third-order valence-corrected chi connectivity index (χ3v) is 3.58. The minimum Gasteiger partial charge on any atom is -0.389 e. The standard InChI is InChI=1S/C12H16O3S2/c1-8(13)17-7-11(14)12(15)10-4-2-3-9(5-10)6-16/h2-5,11-12,14-16H,6-7H2,1H3. The molecule has 0 saturated heterocycles. The number of hydrogen-bond donors (Lipinski definition) is 3. The zero-order chi connectivity index (χ0) is 12.8.